The van der Waals surface area contributed by atoms with Crippen molar-refractivity contribution in [1.29, 1.82) is 0 Å². The first-order valence-corrected chi connectivity index (χ1v) is 19.1. The van der Waals surface area contributed by atoms with Crippen LogP contribution in [0.3, 0.4) is 0 Å². The summed E-state index contributed by atoms with van der Waals surface area (Å²) in [7, 11) is 0. The van der Waals surface area contributed by atoms with Crippen LogP contribution in [0.25, 0.3) is 111 Å². The van der Waals surface area contributed by atoms with Crippen molar-refractivity contribution >= 4 is 65.6 Å². The summed E-state index contributed by atoms with van der Waals surface area (Å²) in [4.78, 5) is 15.0. The minimum Gasteiger partial charge on any atom is -0.454 e. The van der Waals surface area contributed by atoms with E-state index in [-0.39, 0.29) is 0 Å². The average Bonchev–Trinajstić information content (AvgIpc) is 3.95. The van der Waals surface area contributed by atoms with Crippen molar-refractivity contribution in [3.05, 3.63) is 188 Å². The number of furan rings is 1. The maximum absolute atomic E-state index is 6.92. The fourth-order valence-corrected chi connectivity index (χ4v) is 8.64. The first-order chi connectivity index (χ1) is 28.3. The van der Waals surface area contributed by atoms with Gasteiger partial charge < -0.3 is 13.6 Å². The second-order valence-electron chi connectivity index (χ2n) is 14.4. The molecule has 0 spiro atoms. The van der Waals surface area contributed by atoms with E-state index in [1.165, 1.54) is 21.8 Å². The fourth-order valence-electron chi connectivity index (χ4n) is 8.64. The highest BCUT2D eigenvalue weighted by molar-refractivity contribution is 6.23. The molecule has 0 bridgehead atoms. The molecule has 0 aliphatic rings. The van der Waals surface area contributed by atoms with E-state index in [9.17, 15) is 0 Å². The van der Waals surface area contributed by atoms with Crippen LogP contribution in [-0.2, 0) is 0 Å². The van der Waals surface area contributed by atoms with Gasteiger partial charge in [0.2, 0.25) is 0 Å². The van der Waals surface area contributed by atoms with Crippen LogP contribution >= 0.6 is 0 Å². The molecule has 6 heteroatoms. The van der Waals surface area contributed by atoms with Crippen LogP contribution in [0.5, 0.6) is 0 Å². The van der Waals surface area contributed by atoms with Crippen molar-refractivity contribution < 1.29 is 4.42 Å². The van der Waals surface area contributed by atoms with E-state index in [1.54, 1.807) is 0 Å². The van der Waals surface area contributed by atoms with Crippen molar-refractivity contribution in [3.8, 4) is 45.5 Å². The molecule has 12 rings (SSSR count). The monoisotopic (exact) mass is 729 g/mol. The first kappa shape index (κ1) is 31.5. The van der Waals surface area contributed by atoms with E-state index < -0.39 is 0 Å². The van der Waals surface area contributed by atoms with Gasteiger partial charge in [-0.3, -0.25) is 0 Å². The lowest BCUT2D eigenvalue weighted by Crippen LogP contribution is -2.00. The molecule has 0 N–H and O–H groups in total. The van der Waals surface area contributed by atoms with Crippen molar-refractivity contribution in [1.82, 2.24) is 24.1 Å². The summed E-state index contributed by atoms with van der Waals surface area (Å²) < 4.78 is 11.7. The summed E-state index contributed by atoms with van der Waals surface area (Å²) in [6.07, 6.45) is 0. The van der Waals surface area contributed by atoms with Gasteiger partial charge in [-0.25, -0.2) is 15.0 Å². The molecule has 0 atom stereocenters. The number of hydrogen-bond donors (Lipinski definition) is 0. The molecule has 0 aliphatic heterocycles. The number of aromatic nitrogens is 5. The Hall–Kier alpha value is -7.83. The van der Waals surface area contributed by atoms with Crippen molar-refractivity contribution in [3.63, 3.8) is 0 Å². The molecule has 4 heterocycles. The zero-order chi connectivity index (χ0) is 37.5. The van der Waals surface area contributed by atoms with E-state index >= 15 is 0 Å². The molecule has 0 aliphatic carbocycles. The molecule has 0 amide bonds. The van der Waals surface area contributed by atoms with Crippen molar-refractivity contribution in [2.75, 3.05) is 0 Å². The van der Waals surface area contributed by atoms with Gasteiger partial charge in [0.05, 0.1) is 27.8 Å². The zero-order valence-corrected chi connectivity index (χ0v) is 30.5. The van der Waals surface area contributed by atoms with Gasteiger partial charge in [-0.15, -0.1) is 0 Å². The van der Waals surface area contributed by atoms with Crippen LogP contribution in [0, 0.1) is 0 Å². The van der Waals surface area contributed by atoms with Gasteiger partial charge in [-0.2, -0.15) is 0 Å². The average molecular weight is 730 g/mol. The number of para-hydroxylation sites is 4. The largest absolute Gasteiger partial charge is 0.454 e. The zero-order valence-electron chi connectivity index (χ0n) is 30.5. The highest BCUT2D eigenvalue weighted by atomic mass is 16.3. The molecule has 4 aromatic heterocycles. The van der Waals surface area contributed by atoms with Gasteiger partial charge in [0, 0.05) is 54.7 Å². The number of fused-ring (bicyclic) bond motifs is 10. The number of nitrogens with zero attached hydrogens (tertiary/aromatic N) is 5. The predicted octanol–water partition coefficient (Wildman–Crippen LogP) is 13.0. The summed E-state index contributed by atoms with van der Waals surface area (Å²) >= 11 is 0. The first-order valence-electron chi connectivity index (χ1n) is 19.1. The Morgan fingerprint density at radius 3 is 1.53 bits per heavy atom. The summed E-state index contributed by atoms with van der Waals surface area (Å²) in [6.45, 7) is 0. The van der Waals surface area contributed by atoms with Gasteiger partial charge in [-0.1, -0.05) is 133 Å². The van der Waals surface area contributed by atoms with Crippen LogP contribution in [-0.4, -0.2) is 24.1 Å². The number of rotatable bonds is 5. The molecule has 6 nitrogen and oxygen atoms in total. The minimum absolute atomic E-state index is 0.606. The third kappa shape index (κ3) is 4.81. The van der Waals surface area contributed by atoms with Gasteiger partial charge in [-0.05, 0) is 54.6 Å². The highest BCUT2D eigenvalue weighted by Crippen LogP contribution is 2.44. The normalized spacial score (nSPS) is 11.9. The SMILES string of the molecule is c1ccc(-c2nc(-c3ccccc3)nc(-c3ccc4oc5c(ccc6c7cccc(-n8c9ccccc9c9ccccc98)c7n(-c7ccccc7)c65)c4c3)n2)cc1. The Balaban J connectivity index is 1.13. The summed E-state index contributed by atoms with van der Waals surface area (Å²) in [6, 6.07) is 65.5. The number of hydrogen-bond acceptors (Lipinski definition) is 4. The molecule has 8 aromatic carbocycles. The lowest BCUT2D eigenvalue weighted by Gasteiger charge is -2.14. The maximum atomic E-state index is 6.92. The minimum atomic E-state index is 0.606. The summed E-state index contributed by atoms with van der Waals surface area (Å²) in [5, 5.41) is 6.77. The molecule has 0 saturated carbocycles. The van der Waals surface area contributed by atoms with E-state index in [4.69, 9.17) is 19.4 Å². The molecule has 0 unspecified atom stereocenters. The van der Waals surface area contributed by atoms with Crippen molar-refractivity contribution in [2.24, 2.45) is 0 Å². The Morgan fingerprint density at radius 1 is 0.351 bits per heavy atom. The van der Waals surface area contributed by atoms with Crippen LogP contribution < -0.4 is 0 Å². The van der Waals surface area contributed by atoms with E-state index in [0.29, 0.717) is 17.5 Å². The summed E-state index contributed by atoms with van der Waals surface area (Å²) in [5.74, 6) is 1.86. The highest BCUT2D eigenvalue weighted by Gasteiger charge is 2.23. The van der Waals surface area contributed by atoms with Crippen LogP contribution in [0.15, 0.2) is 192 Å². The van der Waals surface area contributed by atoms with Gasteiger partial charge >= 0.3 is 0 Å². The molecular formula is C51H31N5O. The molecule has 0 fully saturated rings. The Morgan fingerprint density at radius 2 is 0.877 bits per heavy atom. The Bertz CT molecular complexity index is 3400. The second kappa shape index (κ2) is 12.3. The van der Waals surface area contributed by atoms with Crippen LogP contribution in [0.4, 0.5) is 0 Å². The van der Waals surface area contributed by atoms with Gasteiger partial charge in [0.15, 0.2) is 23.1 Å². The maximum Gasteiger partial charge on any atom is 0.164 e. The molecule has 0 radical (unpaired) electrons. The van der Waals surface area contributed by atoms with Crippen LogP contribution in [0.1, 0.15) is 0 Å². The van der Waals surface area contributed by atoms with E-state index in [0.717, 1.165) is 71.8 Å². The Kier molecular flexibility index (Phi) is 6.83. The molecule has 266 valence electrons. The van der Waals surface area contributed by atoms with Crippen LogP contribution in [0.2, 0.25) is 0 Å². The topological polar surface area (TPSA) is 61.7 Å². The fraction of sp³-hybridized carbons (Fsp3) is 0. The molecule has 57 heavy (non-hydrogen) atoms. The van der Waals surface area contributed by atoms with Gasteiger partial charge in [0.25, 0.3) is 0 Å². The summed E-state index contributed by atoms with van der Waals surface area (Å²) in [5.41, 5.74) is 11.0. The lowest BCUT2D eigenvalue weighted by molar-refractivity contribution is 0.671. The molecule has 12 aromatic rings. The van der Waals surface area contributed by atoms with Gasteiger partial charge in [0.1, 0.15) is 5.58 Å². The molecule has 0 saturated heterocycles. The van der Waals surface area contributed by atoms with E-state index in [1.807, 2.05) is 72.8 Å². The second-order valence-corrected chi connectivity index (χ2v) is 14.4. The van der Waals surface area contributed by atoms with E-state index in [2.05, 4.69) is 124 Å². The smallest absolute Gasteiger partial charge is 0.164 e. The Labute approximate surface area is 326 Å². The third-order valence-electron chi connectivity index (χ3n) is 11.2. The predicted molar refractivity (Wildman–Crippen MR) is 232 cm³/mol. The quantitative estimate of drug-likeness (QED) is 0.177. The van der Waals surface area contributed by atoms with Crippen molar-refractivity contribution in [2.45, 2.75) is 0 Å². The number of benzene rings is 8. The molecular weight excluding hydrogens is 699 g/mol. The standard InChI is InChI=1S/C51H31N5O/c1-4-15-32(16-5-1)49-52-50(33-17-6-2-7-18-33)54-51(53-49)34-27-30-45-41(31-34)40-29-28-39-38-23-14-26-44(46(38)55(47(39)48(40)57-45)35-19-8-3-9-20-35)56-42-24-12-10-21-36(42)37-22-11-13-25-43(37)56/h1-31H. The lowest BCUT2D eigenvalue weighted by atomic mass is 10.1. The third-order valence-corrected chi connectivity index (χ3v) is 11.2.